The zero-order chi connectivity index (χ0) is 13.7. The van der Waals surface area contributed by atoms with Crippen molar-refractivity contribution in [2.75, 3.05) is 13.7 Å². The molecule has 4 heteroatoms. The monoisotopic (exact) mass is 265 g/mol. The van der Waals surface area contributed by atoms with E-state index >= 15 is 0 Å². The molecule has 108 valence electrons. The van der Waals surface area contributed by atoms with E-state index in [9.17, 15) is 0 Å². The van der Waals surface area contributed by atoms with Crippen LogP contribution in [0.2, 0.25) is 0 Å². The largest absolute Gasteiger partial charge is 0.378 e. The van der Waals surface area contributed by atoms with Crippen LogP contribution in [0.15, 0.2) is 12.4 Å². The highest BCUT2D eigenvalue weighted by atomic mass is 16.5. The van der Waals surface area contributed by atoms with Gasteiger partial charge in [-0.05, 0) is 45.6 Å². The summed E-state index contributed by atoms with van der Waals surface area (Å²) in [7, 11) is 1.85. The van der Waals surface area contributed by atoms with E-state index in [0.29, 0.717) is 6.04 Å². The molecular weight excluding hydrogens is 238 g/mol. The predicted octanol–water partition coefficient (Wildman–Crippen LogP) is 2.90. The van der Waals surface area contributed by atoms with E-state index in [4.69, 9.17) is 4.74 Å². The Morgan fingerprint density at radius 1 is 1.47 bits per heavy atom. The second-order valence-corrected chi connectivity index (χ2v) is 5.58. The van der Waals surface area contributed by atoms with Gasteiger partial charge in [-0.1, -0.05) is 6.92 Å². The van der Waals surface area contributed by atoms with Crippen LogP contribution in [0.25, 0.3) is 0 Å². The van der Waals surface area contributed by atoms with Gasteiger partial charge in [0.25, 0.3) is 0 Å². The van der Waals surface area contributed by atoms with Crippen LogP contribution in [0.3, 0.4) is 0 Å². The number of aryl methyl sites for hydroxylation is 1. The number of nitrogens with one attached hydrogen (secondary N) is 1. The summed E-state index contributed by atoms with van der Waals surface area (Å²) in [6.07, 6.45) is 10.0. The summed E-state index contributed by atoms with van der Waals surface area (Å²) in [4.78, 5) is 0. The Kier molecular flexibility index (Phi) is 4.99. The van der Waals surface area contributed by atoms with Crippen molar-refractivity contribution >= 4 is 0 Å². The molecule has 1 aliphatic rings. The lowest BCUT2D eigenvalue weighted by Gasteiger charge is -2.43. The Labute approximate surface area is 116 Å². The molecule has 1 aromatic heterocycles. The maximum atomic E-state index is 5.77. The van der Waals surface area contributed by atoms with E-state index in [1.54, 1.807) is 0 Å². The minimum atomic E-state index is 0.0969. The summed E-state index contributed by atoms with van der Waals surface area (Å²) in [6.45, 7) is 6.29. The lowest BCUT2D eigenvalue weighted by atomic mass is 9.75. The Morgan fingerprint density at radius 2 is 2.26 bits per heavy atom. The fraction of sp³-hybridized carbons (Fsp3) is 0.800. The molecule has 1 aliphatic carbocycles. The van der Waals surface area contributed by atoms with Gasteiger partial charge in [0.15, 0.2) is 0 Å². The fourth-order valence-corrected chi connectivity index (χ4v) is 2.79. The second-order valence-electron chi connectivity index (χ2n) is 5.58. The number of hydrogen-bond acceptors (Lipinski definition) is 3. The summed E-state index contributed by atoms with van der Waals surface area (Å²) in [5, 5.41) is 8.05. The van der Waals surface area contributed by atoms with Gasteiger partial charge in [0.1, 0.15) is 0 Å². The molecule has 2 rings (SSSR count). The first-order chi connectivity index (χ1) is 9.23. The third-order valence-electron chi connectivity index (χ3n) is 4.29. The van der Waals surface area contributed by atoms with Crippen LogP contribution in [0.4, 0.5) is 0 Å². The molecule has 1 heterocycles. The molecule has 0 radical (unpaired) electrons. The van der Waals surface area contributed by atoms with Crippen LogP contribution in [0, 0.1) is 0 Å². The molecule has 19 heavy (non-hydrogen) atoms. The number of rotatable bonds is 8. The number of aromatic nitrogens is 2. The Bertz CT molecular complexity index is 379. The van der Waals surface area contributed by atoms with Gasteiger partial charge in [-0.15, -0.1) is 0 Å². The van der Waals surface area contributed by atoms with Gasteiger partial charge in [-0.2, -0.15) is 5.10 Å². The highest BCUT2D eigenvalue weighted by Gasteiger charge is 2.39. The number of methoxy groups -OCH3 is 1. The normalized spacial score (nSPS) is 19.1. The zero-order valence-electron chi connectivity index (χ0n) is 12.5. The molecule has 1 fully saturated rings. The SMILES string of the molecule is CCCNC(CC1(OC)CCC1)c1cnn(CC)c1. The molecule has 0 saturated heterocycles. The van der Waals surface area contributed by atoms with Crippen molar-refractivity contribution in [2.45, 2.75) is 64.1 Å². The van der Waals surface area contributed by atoms with Gasteiger partial charge in [0, 0.05) is 31.5 Å². The molecular formula is C15H27N3O. The van der Waals surface area contributed by atoms with Crippen LogP contribution in [-0.2, 0) is 11.3 Å². The summed E-state index contributed by atoms with van der Waals surface area (Å²) < 4.78 is 7.77. The minimum absolute atomic E-state index is 0.0969. The average Bonchev–Trinajstić information content (AvgIpc) is 2.86. The van der Waals surface area contributed by atoms with Gasteiger partial charge in [0.2, 0.25) is 0 Å². The first kappa shape index (κ1) is 14.5. The standard InChI is InChI=1S/C15H27N3O/c1-4-9-16-14(10-15(19-3)7-6-8-15)13-11-17-18(5-2)12-13/h11-12,14,16H,4-10H2,1-3H3. The van der Waals surface area contributed by atoms with Crippen molar-refractivity contribution in [1.82, 2.24) is 15.1 Å². The number of nitrogens with zero attached hydrogens (tertiary/aromatic N) is 2. The highest BCUT2D eigenvalue weighted by molar-refractivity contribution is 5.12. The highest BCUT2D eigenvalue weighted by Crippen LogP contribution is 2.41. The average molecular weight is 265 g/mol. The molecule has 1 saturated carbocycles. The molecule has 0 spiro atoms. The molecule has 1 aromatic rings. The van der Waals surface area contributed by atoms with Crippen LogP contribution < -0.4 is 5.32 Å². The van der Waals surface area contributed by atoms with E-state index in [1.165, 1.54) is 24.8 Å². The summed E-state index contributed by atoms with van der Waals surface area (Å²) in [5.74, 6) is 0. The van der Waals surface area contributed by atoms with Crippen molar-refractivity contribution in [2.24, 2.45) is 0 Å². The van der Waals surface area contributed by atoms with E-state index < -0.39 is 0 Å². The first-order valence-electron chi connectivity index (χ1n) is 7.54. The maximum Gasteiger partial charge on any atom is 0.0697 e. The maximum absolute atomic E-state index is 5.77. The smallest absolute Gasteiger partial charge is 0.0697 e. The zero-order valence-corrected chi connectivity index (χ0v) is 12.5. The lowest BCUT2D eigenvalue weighted by molar-refractivity contribution is -0.0838. The first-order valence-corrected chi connectivity index (χ1v) is 7.54. The third kappa shape index (κ3) is 3.37. The quantitative estimate of drug-likeness (QED) is 0.785. The van der Waals surface area contributed by atoms with Crippen molar-refractivity contribution in [1.29, 1.82) is 0 Å². The van der Waals surface area contributed by atoms with Crippen LogP contribution in [-0.4, -0.2) is 29.0 Å². The van der Waals surface area contributed by atoms with Gasteiger partial charge >= 0.3 is 0 Å². The van der Waals surface area contributed by atoms with Crippen molar-refractivity contribution < 1.29 is 4.74 Å². The van der Waals surface area contributed by atoms with Crippen LogP contribution >= 0.6 is 0 Å². The molecule has 4 nitrogen and oxygen atoms in total. The molecule has 1 N–H and O–H groups in total. The fourth-order valence-electron chi connectivity index (χ4n) is 2.79. The molecule has 1 unspecified atom stereocenters. The molecule has 1 atom stereocenters. The van der Waals surface area contributed by atoms with Crippen molar-refractivity contribution in [3.63, 3.8) is 0 Å². The van der Waals surface area contributed by atoms with Crippen molar-refractivity contribution in [3.05, 3.63) is 18.0 Å². The van der Waals surface area contributed by atoms with Gasteiger partial charge in [-0.25, -0.2) is 0 Å². The predicted molar refractivity (Wildman–Crippen MR) is 77.1 cm³/mol. The molecule has 0 aromatic carbocycles. The van der Waals surface area contributed by atoms with Crippen LogP contribution in [0.5, 0.6) is 0 Å². The summed E-state index contributed by atoms with van der Waals surface area (Å²) >= 11 is 0. The van der Waals surface area contributed by atoms with Gasteiger partial charge in [-0.3, -0.25) is 4.68 Å². The van der Waals surface area contributed by atoms with E-state index in [0.717, 1.165) is 25.9 Å². The van der Waals surface area contributed by atoms with Gasteiger partial charge < -0.3 is 10.1 Å². The van der Waals surface area contributed by atoms with E-state index in [2.05, 4.69) is 30.5 Å². The van der Waals surface area contributed by atoms with E-state index in [1.807, 2.05) is 18.0 Å². The summed E-state index contributed by atoms with van der Waals surface area (Å²) in [6, 6.07) is 0.362. The number of ether oxygens (including phenoxy) is 1. The Morgan fingerprint density at radius 3 is 2.74 bits per heavy atom. The Hall–Kier alpha value is -0.870. The molecule has 0 amide bonds. The van der Waals surface area contributed by atoms with Crippen molar-refractivity contribution in [3.8, 4) is 0 Å². The molecule has 0 bridgehead atoms. The second kappa shape index (κ2) is 6.53. The number of hydrogen-bond donors (Lipinski definition) is 1. The topological polar surface area (TPSA) is 39.1 Å². The lowest BCUT2D eigenvalue weighted by Crippen LogP contribution is -2.43. The third-order valence-corrected chi connectivity index (χ3v) is 4.29. The summed E-state index contributed by atoms with van der Waals surface area (Å²) in [5.41, 5.74) is 1.39. The van der Waals surface area contributed by atoms with Gasteiger partial charge in [0.05, 0.1) is 11.8 Å². The minimum Gasteiger partial charge on any atom is -0.378 e. The Balaban J connectivity index is 2.06. The molecule has 0 aliphatic heterocycles. The van der Waals surface area contributed by atoms with E-state index in [-0.39, 0.29) is 5.60 Å². The van der Waals surface area contributed by atoms with Crippen LogP contribution in [0.1, 0.15) is 57.6 Å².